The fraction of sp³-hybridized carbons (Fsp3) is 0.0625. The number of fused-ring (bicyclic) bond motifs is 1. The summed E-state index contributed by atoms with van der Waals surface area (Å²) < 4.78 is 0.548. The Morgan fingerprint density at radius 3 is 2.91 bits per heavy atom. The molecule has 0 saturated carbocycles. The van der Waals surface area contributed by atoms with E-state index in [1.807, 2.05) is 13.0 Å². The SMILES string of the molecule is C=CNc1ncc(-c2cc(=O)n(O)c3ncccc23)cc1C. The summed E-state index contributed by atoms with van der Waals surface area (Å²) in [7, 11) is 0. The molecule has 22 heavy (non-hydrogen) atoms. The number of anilines is 1. The molecule has 3 heterocycles. The molecular weight excluding hydrogens is 280 g/mol. The molecule has 6 heteroatoms. The predicted octanol–water partition coefficient (Wildman–Crippen LogP) is 2.56. The van der Waals surface area contributed by atoms with Crippen molar-refractivity contribution in [2.75, 3.05) is 5.32 Å². The van der Waals surface area contributed by atoms with Crippen molar-refractivity contribution in [3.05, 3.63) is 65.4 Å². The number of hydrogen-bond donors (Lipinski definition) is 2. The van der Waals surface area contributed by atoms with E-state index in [2.05, 4.69) is 21.9 Å². The van der Waals surface area contributed by atoms with Crippen molar-refractivity contribution < 1.29 is 5.21 Å². The number of aryl methyl sites for hydroxylation is 1. The van der Waals surface area contributed by atoms with E-state index in [1.54, 1.807) is 24.5 Å². The lowest BCUT2D eigenvalue weighted by atomic mass is 10.0. The Kier molecular flexibility index (Phi) is 3.34. The van der Waals surface area contributed by atoms with Gasteiger partial charge in [0.05, 0.1) is 0 Å². The van der Waals surface area contributed by atoms with Crippen LogP contribution >= 0.6 is 0 Å². The molecule has 3 aromatic heterocycles. The molecule has 0 saturated heterocycles. The average molecular weight is 294 g/mol. The van der Waals surface area contributed by atoms with Crippen molar-refractivity contribution in [2.45, 2.75) is 6.92 Å². The van der Waals surface area contributed by atoms with E-state index in [0.29, 0.717) is 21.5 Å². The smallest absolute Gasteiger partial charge is 0.285 e. The zero-order chi connectivity index (χ0) is 15.7. The van der Waals surface area contributed by atoms with E-state index in [0.717, 1.165) is 11.1 Å². The van der Waals surface area contributed by atoms with Crippen molar-refractivity contribution in [2.24, 2.45) is 0 Å². The van der Waals surface area contributed by atoms with E-state index in [4.69, 9.17) is 0 Å². The molecule has 3 rings (SSSR count). The number of nitrogens with one attached hydrogen (secondary N) is 1. The van der Waals surface area contributed by atoms with Gasteiger partial charge in [0.25, 0.3) is 5.56 Å². The standard InChI is InChI=1S/C16H14N4O2/c1-3-17-15-10(2)7-11(9-19-15)13-8-14(21)20(22)16-12(13)5-4-6-18-16/h3-9,22H,1H2,2H3,(H,17,19). The first-order chi connectivity index (χ1) is 10.6. The van der Waals surface area contributed by atoms with Crippen LogP contribution in [-0.4, -0.2) is 19.9 Å². The van der Waals surface area contributed by atoms with Gasteiger partial charge in [0.1, 0.15) is 5.82 Å². The molecule has 6 nitrogen and oxygen atoms in total. The van der Waals surface area contributed by atoms with Gasteiger partial charge in [-0.1, -0.05) is 6.58 Å². The highest BCUT2D eigenvalue weighted by Crippen LogP contribution is 2.27. The quantitative estimate of drug-likeness (QED) is 0.726. The molecule has 0 aliphatic rings. The molecule has 0 atom stereocenters. The van der Waals surface area contributed by atoms with Crippen molar-refractivity contribution in [1.82, 2.24) is 14.7 Å². The normalized spacial score (nSPS) is 10.6. The second kappa shape index (κ2) is 5.33. The van der Waals surface area contributed by atoms with Crippen LogP contribution in [0.5, 0.6) is 0 Å². The largest absolute Gasteiger partial charge is 0.423 e. The maximum atomic E-state index is 11.9. The number of pyridine rings is 3. The summed E-state index contributed by atoms with van der Waals surface area (Å²) in [5.41, 5.74) is 2.06. The van der Waals surface area contributed by atoms with Gasteiger partial charge in [-0.3, -0.25) is 4.79 Å². The first kappa shape index (κ1) is 13.8. The Balaban J connectivity index is 2.27. The van der Waals surface area contributed by atoms with Gasteiger partial charge in [0, 0.05) is 29.4 Å². The fourth-order valence-corrected chi connectivity index (χ4v) is 2.35. The molecule has 0 unspecified atom stereocenters. The Morgan fingerprint density at radius 2 is 2.18 bits per heavy atom. The van der Waals surface area contributed by atoms with Gasteiger partial charge >= 0.3 is 0 Å². The number of nitrogens with zero attached hydrogens (tertiary/aromatic N) is 3. The number of hydrogen-bond acceptors (Lipinski definition) is 5. The molecule has 0 amide bonds. The minimum atomic E-state index is -0.535. The maximum Gasteiger partial charge on any atom is 0.285 e. The lowest BCUT2D eigenvalue weighted by Crippen LogP contribution is -2.18. The third-order valence-electron chi connectivity index (χ3n) is 3.38. The van der Waals surface area contributed by atoms with Crippen molar-refractivity contribution in [3.63, 3.8) is 0 Å². The van der Waals surface area contributed by atoms with Gasteiger partial charge in [-0.05, 0) is 42.4 Å². The summed E-state index contributed by atoms with van der Waals surface area (Å²) in [4.78, 5) is 20.3. The highest BCUT2D eigenvalue weighted by molar-refractivity contribution is 5.92. The summed E-state index contributed by atoms with van der Waals surface area (Å²) in [5, 5.41) is 13.4. The second-order valence-corrected chi connectivity index (χ2v) is 4.82. The summed E-state index contributed by atoms with van der Waals surface area (Å²) in [6, 6.07) is 6.85. The molecule has 0 bridgehead atoms. The monoisotopic (exact) mass is 294 g/mol. The zero-order valence-electron chi connectivity index (χ0n) is 11.9. The van der Waals surface area contributed by atoms with Crippen molar-refractivity contribution in [1.29, 1.82) is 0 Å². The minimum absolute atomic E-state index is 0.218. The Labute approximate surface area is 126 Å². The van der Waals surface area contributed by atoms with Crippen LogP contribution in [0.2, 0.25) is 0 Å². The van der Waals surface area contributed by atoms with Crippen LogP contribution in [-0.2, 0) is 0 Å². The van der Waals surface area contributed by atoms with Crippen LogP contribution in [0.4, 0.5) is 5.82 Å². The highest BCUT2D eigenvalue weighted by atomic mass is 16.5. The molecule has 0 aliphatic carbocycles. The summed E-state index contributed by atoms with van der Waals surface area (Å²) in [5.74, 6) is 0.705. The molecule has 0 aliphatic heterocycles. The third kappa shape index (κ3) is 2.20. The van der Waals surface area contributed by atoms with Crippen LogP contribution < -0.4 is 10.9 Å². The molecular formula is C16H14N4O2. The van der Waals surface area contributed by atoms with Gasteiger partial charge in [-0.25, -0.2) is 9.97 Å². The molecule has 0 aromatic carbocycles. The van der Waals surface area contributed by atoms with Gasteiger partial charge in [0.2, 0.25) is 0 Å². The summed E-state index contributed by atoms with van der Waals surface area (Å²) in [6.07, 6.45) is 4.75. The van der Waals surface area contributed by atoms with Gasteiger partial charge < -0.3 is 10.5 Å². The molecule has 110 valence electrons. The molecule has 3 aromatic rings. The van der Waals surface area contributed by atoms with Crippen molar-refractivity contribution >= 4 is 16.9 Å². The average Bonchev–Trinajstić information content (AvgIpc) is 2.53. The molecule has 0 fully saturated rings. The van der Waals surface area contributed by atoms with Crippen LogP contribution in [0.1, 0.15) is 5.56 Å². The number of aromatic nitrogens is 3. The lowest BCUT2D eigenvalue weighted by Gasteiger charge is -2.10. The van der Waals surface area contributed by atoms with Crippen LogP contribution in [0.15, 0.2) is 54.2 Å². The topological polar surface area (TPSA) is 80.0 Å². The van der Waals surface area contributed by atoms with Gasteiger partial charge in [-0.2, -0.15) is 0 Å². The molecule has 2 N–H and O–H groups in total. The lowest BCUT2D eigenvalue weighted by molar-refractivity contribution is 0.187. The second-order valence-electron chi connectivity index (χ2n) is 4.82. The fourth-order valence-electron chi connectivity index (χ4n) is 2.35. The first-order valence-corrected chi connectivity index (χ1v) is 6.66. The maximum absolute atomic E-state index is 11.9. The van der Waals surface area contributed by atoms with E-state index in [1.165, 1.54) is 12.3 Å². The van der Waals surface area contributed by atoms with E-state index in [-0.39, 0.29) is 5.65 Å². The van der Waals surface area contributed by atoms with E-state index < -0.39 is 5.56 Å². The molecule has 0 radical (unpaired) electrons. The van der Waals surface area contributed by atoms with Crippen molar-refractivity contribution in [3.8, 4) is 11.1 Å². The predicted molar refractivity (Wildman–Crippen MR) is 85.0 cm³/mol. The molecule has 0 spiro atoms. The van der Waals surface area contributed by atoms with Gasteiger partial charge in [0.15, 0.2) is 5.65 Å². The van der Waals surface area contributed by atoms with Crippen LogP contribution in [0, 0.1) is 6.92 Å². The van der Waals surface area contributed by atoms with Crippen LogP contribution in [0.3, 0.4) is 0 Å². The zero-order valence-corrected chi connectivity index (χ0v) is 11.9. The van der Waals surface area contributed by atoms with E-state index >= 15 is 0 Å². The Hall–Kier alpha value is -3.15. The summed E-state index contributed by atoms with van der Waals surface area (Å²) in [6.45, 7) is 5.52. The number of rotatable bonds is 3. The third-order valence-corrected chi connectivity index (χ3v) is 3.38. The highest BCUT2D eigenvalue weighted by Gasteiger charge is 2.12. The first-order valence-electron chi connectivity index (χ1n) is 6.66. The van der Waals surface area contributed by atoms with Gasteiger partial charge in [-0.15, -0.1) is 4.73 Å². The minimum Gasteiger partial charge on any atom is -0.423 e. The Morgan fingerprint density at radius 1 is 1.36 bits per heavy atom. The summed E-state index contributed by atoms with van der Waals surface area (Å²) >= 11 is 0. The van der Waals surface area contributed by atoms with E-state index in [9.17, 15) is 10.0 Å². The van der Waals surface area contributed by atoms with Crippen LogP contribution in [0.25, 0.3) is 22.2 Å². The Bertz CT molecular complexity index is 931.